The molecule has 1 aromatic heterocycles. The van der Waals surface area contributed by atoms with Gasteiger partial charge in [0.2, 0.25) is 10.0 Å². The second-order valence-electron chi connectivity index (χ2n) is 6.77. The van der Waals surface area contributed by atoms with Crippen molar-refractivity contribution in [1.29, 1.82) is 0 Å². The molecule has 2 aromatic carbocycles. The van der Waals surface area contributed by atoms with Gasteiger partial charge in [-0.15, -0.1) is 0 Å². The van der Waals surface area contributed by atoms with Gasteiger partial charge in [-0.1, -0.05) is 24.3 Å². The molecule has 1 aliphatic heterocycles. The van der Waals surface area contributed by atoms with E-state index < -0.39 is 10.0 Å². The fourth-order valence-corrected chi connectivity index (χ4v) is 5.28. The van der Waals surface area contributed by atoms with Gasteiger partial charge in [-0.25, -0.2) is 13.2 Å². The fourth-order valence-electron chi connectivity index (χ4n) is 3.70. The Kier molecular flexibility index (Phi) is 4.20. The lowest BCUT2D eigenvalue weighted by Gasteiger charge is -2.31. The number of hydrogen-bond acceptors (Lipinski definition) is 3. The summed E-state index contributed by atoms with van der Waals surface area (Å²) in [5, 5.41) is 0. The van der Waals surface area contributed by atoms with Crippen molar-refractivity contribution in [1.82, 2.24) is 13.9 Å². The van der Waals surface area contributed by atoms with Gasteiger partial charge in [-0.3, -0.25) is 4.57 Å². The molecule has 0 bridgehead atoms. The van der Waals surface area contributed by atoms with Crippen molar-refractivity contribution in [3.05, 3.63) is 64.6 Å². The Morgan fingerprint density at radius 2 is 1.77 bits per heavy atom. The molecule has 0 radical (unpaired) electrons. The molecule has 0 saturated carbocycles. The first kappa shape index (κ1) is 17.1. The second-order valence-corrected chi connectivity index (χ2v) is 8.71. The number of nitrogens with one attached hydrogen (secondary N) is 1. The van der Waals surface area contributed by atoms with E-state index in [2.05, 4.69) is 4.98 Å². The van der Waals surface area contributed by atoms with Crippen molar-refractivity contribution in [3.63, 3.8) is 0 Å². The third kappa shape index (κ3) is 2.87. The van der Waals surface area contributed by atoms with Gasteiger partial charge >= 0.3 is 5.69 Å². The number of sulfonamides is 1. The molecular formula is C19H21N3O3S. The number of aryl methyl sites for hydroxylation is 1. The maximum atomic E-state index is 12.9. The summed E-state index contributed by atoms with van der Waals surface area (Å²) in [4.78, 5) is 15.6. The maximum absolute atomic E-state index is 12.9. The largest absolute Gasteiger partial charge is 0.326 e. The Balaban J connectivity index is 1.57. The van der Waals surface area contributed by atoms with Gasteiger partial charge in [0.25, 0.3) is 0 Å². The zero-order valence-corrected chi connectivity index (χ0v) is 15.4. The summed E-state index contributed by atoms with van der Waals surface area (Å²) in [5.74, 6) is 0. The van der Waals surface area contributed by atoms with E-state index in [0.29, 0.717) is 30.8 Å². The third-order valence-electron chi connectivity index (χ3n) is 5.04. The molecule has 1 N–H and O–H groups in total. The first-order chi connectivity index (χ1) is 12.5. The first-order valence-electron chi connectivity index (χ1n) is 8.73. The van der Waals surface area contributed by atoms with E-state index in [9.17, 15) is 13.2 Å². The number of aromatic nitrogens is 2. The lowest BCUT2D eigenvalue weighted by Crippen LogP contribution is -2.40. The van der Waals surface area contributed by atoms with Gasteiger partial charge in [-0.2, -0.15) is 4.31 Å². The molecule has 3 aromatic rings. The van der Waals surface area contributed by atoms with Crippen LogP contribution in [0, 0.1) is 6.92 Å². The normalized spacial score (nSPS) is 17.0. The van der Waals surface area contributed by atoms with Gasteiger partial charge in [0.05, 0.1) is 15.9 Å². The quantitative estimate of drug-likeness (QED) is 0.769. The molecule has 6 nitrogen and oxygen atoms in total. The number of piperidine rings is 1. The fraction of sp³-hybridized carbons (Fsp3) is 0.316. The van der Waals surface area contributed by atoms with Crippen LogP contribution in [0.4, 0.5) is 0 Å². The van der Waals surface area contributed by atoms with Crippen LogP contribution >= 0.6 is 0 Å². The van der Waals surface area contributed by atoms with Crippen LogP contribution in [-0.2, 0) is 10.0 Å². The van der Waals surface area contributed by atoms with Gasteiger partial charge in [-0.05, 0) is 49.6 Å². The number of hydrogen-bond donors (Lipinski definition) is 1. The summed E-state index contributed by atoms with van der Waals surface area (Å²) in [6.07, 6.45) is 1.24. The van der Waals surface area contributed by atoms with Gasteiger partial charge < -0.3 is 4.98 Å². The van der Waals surface area contributed by atoms with Crippen LogP contribution in [0.1, 0.15) is 24.4 Å². The van der Waals surface area contributed by atoms with Crippen molar-refractivity contribution in [3.8, 4) is 0 Å². The maximum Gasteiger partial charge on any atom is 0.326 e. The minimum atomic E-state index is -3.49. The first-order valence-corrected chi connectivity index (χ1v) is 10.2. The highest BCUT2D eigenvalue weighted by Gasteiger charge is 2.31. The molecule has 4 rings (SSSR count). The van der Waals surface area contributed by atoms with Crippen molar-refractivity contribution in [2.24, 2.45) is 0 Å². The Morgan fingerprint density at radius 1 is 1.04 bits per heavy atom. The minimum Gasteiger partial charge on any atom is -0.306 e. The Hall–Kier alpha value is -2.38. The second kappa shape index (κ2) is 6.41. The minimum absolute atomic E-state index is 0.00242. The predicted octanol–water partition coefficient (Wildman–Crippen LogP) is 2.66. The highest BCUT2D eigenvalue weighted by Crippen LogP contribution is 2.28. The van der Waals surface area contributed by atoms with E-state index in [-0.39, 0.29) is 11.7 Å². The average molecular weight is 371 g/mol. The number of imidazole rings is 1. The summed E-state index contributed by atoms with van der Waals surface area (Å²) in [7, 11) is -3.49. The summed E-state index contributed by atoms with van der Waals surface area (Å²) in [5.41, 5.74) is 2.47. The molecule has 7 heteroatoms. The highest BCUT2D eigenvalue weighted by molar-refractivity contribution is 7.89. The molecule has 2 heterocycles. The molecular weight excluding hydrogens is 350 g/mol. The Bertz CT molecular complexity index is 1110. The van der Waals surface area contributed by atoms with E-state index in [1.54, 1.807) is 22.8 Å². The SMILES string of the molecule is Cc1cccc(S(=O)(=O)N2CCC(n3c(=O)[nH]c4ccccc43)CC2)c1. The number of nitrogens with zero attached hydrogens (tertiary/aromatic N) is 2. The van der Waals surface area contributed by atoms with Crippen molar-refractivity contribution in [2.45, 2.75) is 30.7 Å². The molecule has 26 heavy (non-hydrogen) atoms. The molecule has 0 aliphatic carbocycles. The van der Waals surface area contributed by atoms with Crippen molar-refractivity contribution >= 4 is 21.1 Å². The number of para-hydroxylation sites is 2. The van der Waals surface area contributed by atoms with E-state index in [0.717, 1.165) is 16.6 Å². The number of H-pyrrole nitrogens is 1. The molecule has 0 spiro atoms. The number of aromatic amines is 1. The topological polar surface area (TPSA) is 75.2 Å². The average Bonchev–Trinajstić information content (AvgIpc) is 2.97. The van der Waals surface area contributed by atoms with E-state index in [4.69, 9.17) is 0 Å². The van der Waals surface area contributed by atoms with Crippen LogP contribution in [0.5, 0.6) is 0 Å². The molecule has 1 fully saturated rings. The Labute approximate surface area is 152 Å². The van der Waals surface area contributed by atoms with Crippen LogP contribution in [0.3, 0.4) is 0 Å². The zero-order chi connectivity index (χ0) is 18.3. The zero-order valence-electron chi connectivity index (χ0n) is 14.6. The van der Waals surface area contributed by atoms with Crippen LogP contribution in [0.15, 0.2) is 58.2 Å². The third-order valence-corrected chi connectivity index (χ3v) is 6.93. The molecule has 1 aliphatic rings. The van der Waals surface area contributed by atoms with Crippen LogP contribution in [0.2, 0.25) is 0 Å². The summed E-state index contributed by atoms with van der Waals surface area (Å²) < 4.78 is 29.0. The van der Waals surface area contributed by atoms with Crippen molar-refractivity contribution < 1.29 is 8.42 Å². The molecule has 0 unspecified atom stereocenters. The summed E-state index contributed by atoms with van der Waals surface area (Å²) in [6, 6.07) is 14.6. The lowest BCUT2D eigenvalue weighted by atomic mass is 10.1. The van der Waals surface area contributed by atoms with Gasteiger partial charge in [0, 0.05) is 19.1 Å². The van der Waals surface area contributed by atoms with E-state index in [1.165, 1.54) is 4.31 Å². The van der Waals surface area contributed by atoms with Crippen LogP contribution in [0.25, 0.3) is 11.0 Å². The van der Waals surface area contributed by atoms with Crippen molar-refractivity contribution in [2.75, 3.05) is 13.1 Å². The number of fused-ring (bicyclic) bond motifs is 1. The van der Waals surface area contributed by atoms with Crippen LogP contribution < -0.4 is 5.69 Å². The smallest absolute Gasteiger partial charge is 0.306 e. The lowest BCUT2D eigenvalue weighted by molar-refractivity contribution is 0.274. The number of rotatable bonds is 3. The van der Waals surface area contributed by atoms with Gasteiger partial charge in [0.1, 0.15) is 0 Å². The monoisotopic (exact) mass is 371 g/mol. The predicted molar refractivity (Wildman–Crippen MR) is 101 cm³/mol. The highest BCUT2D eigenvalue weighted by atomic mass is 32.2. The molecule has 0 amide bonds. The molecule has 1 saturated heterocycles. The Morgan fingerprint density at radius 3 is 2.50 bits per heavy atom. The standard InChI is InChI=1S/C19H21N3O3S/c1-14-5-4-6-16(13-14)26(24,25)21-11-9-15(10-12-21)22-18-8-3-2-7-17(18)20-19(22)23/h2-8,13,15H,9-12H2,1H3,(H,20,23). The van der Waals surface area contributed by atoms with Gasteiger partial charge in [0.15, 0.2) is 0 Å². The van der Waals surface area contributed by atoms with E-state index >= 15 is 0 Å². The summed E-state index contributed by atoms with van der Waals surface area (Å²) >= 11 is 0. The molecule has 0 atom stereocenters. The summed E-state index contributed by atoms with van der Waals surface area (Å²) in [6.45, 7) is 2.70. The molecule has 136 valence electrons. The van der Waals surface area contributed by atoms with E-state index in [1.807, 2.05) is 37.3 Å². The van der Waals surface area contributed by atoms with Crippen LogP contribution in [-0.4, -0.2) is 35.4 Å². The number of benzene rings is 2.